The minimum absolute atomic E-state index is 0.156. The van der Waals surface area contributed by atoms with E-state index >= 15 is 0 Å². The van der Waals surface area contributed by atoms with Crippen LogP contribution in [0.1, 0.15) is 25.3 Å². The summed E-state index contributed by atoms with van der Waals surface area (Å²) in [4.78, 5) is 11.1. The van der Waals surface area contributed by atoms with Gasteiger partial charge in [-0.3, -0.25) is 4.99 Å². The van der Waals surface area contributed by atoms with E-state index in [2.05, 4.69) is 27.8 Å². The Morgan fingerprint density at radius 2 is 1.97 bits per heavy atom. The van der Waals surface area contributed by atoms with Crippen LogP contribution in [0.4, 0.5) is 5.82 Å². The van der Waals surface area contributed by atoms with Crippen molar-refractivity contribution in [1.29, 1.82) is 0 Å². The number of guanidine groups is 1. The van der Waals surface area contributed by atoms with Crippen LogP contribution in [0.2, 0.25) is 0 Å². The highest BCUT2D eigenvalue weighted by molar-refractivity contribution is 7.89. The molecule has 1 aliphatic heterocycles. The van der Waals surface area contributed by atoms with Crippen molar-refractivity contribution in [3.05, 3.63) is 35.9 Å². The molecule has 164 valence electrons. The Hall–Kier alpha value is -2.39. The van der Waals surface area contributed by atoms with Crippen LogP contribution in [-0.2, 0) is 16.6 Å². The molecule has 0 spiro atoms. The SMILES string of the molecule is CCS(=O)(=O)N1CCC(NC(=NC)NCc2cc(N(C)C)nc3ccccc23)CC1. The molecular weight excluding hydrogens is 400 g/mol. The van der Waals surface area contributed by atoms with Gasteiger partial charge in [0.2, 0.25) is 10.0 Å². The normalized spacial score (nSPS) is 16.6. The zero-order chi connectivity index (χ0) is 21.7. The van der Waals surface area contributed by atoms with E-state index in [1.807, 2.05) is 37.2 Å². The first-order chi connectivity index (χ1) is 14.3. The fourth-order valence-electron chi connectivity index (χ4n) is 3.64. The number of para-hydroxylation sites is 1. The monoisotopic (exact) mass is 432 g/mol. The lowest BCUT2D eigenvalue weighted by Crippen LogP contribution is -2.49. The summed E-state index contributed by atoms with van der Waals surface area (Å²) in [6, 6.07) is 10.4. The van der Waals surface area contributed by atoms with Gasteiger partial charge < -0.3 is 15.5 Å². The number of aliphatic imine (C=N–C) groups is 1. The molecule has 1 aliphatic rings. The van der Waals surface area contributed by atoms with E-state index in [1.165, 1.54) is 0 Å². The average Bonchev–Trinajstić information content (AvgIpc) is 2.76. The van der Waals surface area contributed by atoms with E-state index in [0.29, 0.717) is 19.6 Å². The smallest absolute Gasteiger partial charge is 0.213 e. The first-order valence-electron chi connectivity index (χ1n) is 10.3. The molecule has 0 bridgehead atoms. The van der Waals surface area contributed by atoms with Crippen LogP contribution in [0.5, 0.6) is 0 Å². The van der Waals surface area contributed by atoms with E-state index in [-0.39, 0.29) is 11.8 Å². The predicted octanol–water partition coefficient (Wildman–Crippen LogP) is 1.78. The number of piperidine rings is 1. The third-order valence-corrected chi connectivity index (χ3v) is 7.35. The molecule has 2 aromatic rings. The van der Waals surface area contributed by atoms with Crippen molar-refractivity contribution in [1.82, 2.24) is 19.9 Å². The summed E-state index contributed by atoms with van der Waals surface area (Å²) in [5, 5.41) is 7.96. The highest BCUT2D eigenvalue weighted by Crippen LogP contribution is 2.22. The lowest BCUT2D eigenvalue weighted by atomic mass is 10.1. The van der Waals surface area contributed by atoms with Crippen LogP contribution in [0, 0.1) is 0 Å². The van der Waals surface area contributed by atoms with E-state index in [0.717, 1.165) is 41.1 Å². The summed E-state index contributed by atoms with van der Waals surface area (Å²) >= 11 is 0. The lowest BCUT2D eigenvalue weighted by Gasteiger charge is -2.32. The Bertz CT molecular complexity index is 998. The van der Waals surface area contributed by atoms with Crippen molar-refractivity contribution in [2.75, 3.05) is 44.9 Å². The number of nitrogens with zero attached hydrogens (tertiary/aromatic N) is 4. The summed E-state index contributed by atoms with van der Waals surface area (Å²) in [6.07, 6.45) is 1.53. The number of aromatic nitrogens is 1. The standard InChI is InChI=1S/C21H32N6O2S/c1-5-30(28,29)27-12-10-17(11-13-27)24-21(22-2)23-15-16-14-20(26(3)4)25-19-9-7-6-8-18(16)19/h6-9,14,17H,5,10-13,15H2,1-4H3,(H2,22,23,24). The molecule has 0 atom stereocenters. The maximum Gasteiger partial charge on any atom is 0.213 e. The van der Waals surface area contributed by atoms with E-state index < -0.39 is 10.0 Å². The lowest BCUT2D eigenvalue weighted by molar-refractivity contribution is 0.306. The molecule has 8 nitrogen and oxygen atoms in total. The number of rotatable bonds is 6. The number of sulfonamides is 1. The van der Waals surface area contributed by atoms with Gasteiger partial charge >= 0.3 is 0 Å². The summed E-state index contributed by atoms with van der Waals surface area (Å²) in [7, 11) is 2.62. The third kappa shape index (κ3) is 5.20. The Labute approximate surface area is 179 Å². The number of nitrogens with one attached hydrogen (secondary N) is 2. The molecule has 0 unspecified atom stereocenters. The van der Waals surface area contributed by atoms with Crippen LogP contribution >= 0.6 is 0 Å². The largest absolute Gasteiger partial charge is 0.363 e. The van der Waals surface area contributed by atoms with Gasteiger partial charge in [0, 0.05) is 52.2 Å². The molecule has 1 aromatic carbocycles. The van der Waals surface area contributed by atoms with Crippen LogP contribution in [-0.4, -0.2) is 69.7 Å². The molecule has 3 rings (SSSR count). The molecule has 0 saturated carbocycles. The Balaban J connectivity index is 1.64. The highest BCUT2D eigenvalue weighted by atomic mass is 32.2. The van der Waals surface area contributed by atoms with Crippen molar-refractivity contribution >= 4 is 32.7 Å². The Morgan fingerprint density at radius 1 is 1.27 bits per heavy atom. The van der Waals surface area contributed by atoms with Crippen LogP contribution in [0.3, 0.4) is 0 Å². The quantitative estimate of drug-likeness (QED) is 0.534. The van der Waals surface area contributed by atoms with Crippen LogP contribution in [0.15, 0.2) is 35.3 Å². The second kappa shape index (κ2) is 9.61. The van der Waals surface area contributed by atoms with Crippen LogP contribution < -0.4 is 15.5 Å². The van der Waals surface area contributed by atoms with Crippen molar-refractivity contribution in [3.63, 3.8) is 0 Å². The molecule has 1 fully saturated rings. The van der Waals surface area contributed by atoms with Gasteiger partial charge in [0.15, 0.2) is 5.96 Å². The number of fused-ring (bicyclic) bond motifs is 1. The van der Waals surface area contributed by atoms with Crippen molar-refractivity contribution in [2.24, 2.45) is 4.99 Å². The average molecular weight is 433 g/mol. The molecule has 2 heterocycles. The molecule has 30 heavy (non-hydrogen) atoms. The fraction of sp³-hybridized carbons (Fsp3) is 0.524. The van der Waals surface area contributed by atoms with Crippen molar-refractivity contribution in [2.45, 2.75) is 32.4 Å². The Kier molecular flexibility index (Phi) is 7.14. The van der Waals surface area contributed by atoms with Gasteiger partial charge in [0.25, 0.3) is 0 Å². The maximum atomic E-state index is 12.0. The molecular formula is C21H32N6O2S. The van der Waals surface area contributed by atoms with Gasteiger partial charge in [0.05, 0.1) is 11.3 Å². The number of hydrogen-bond acceptors (Lipinski definition) is 5. The molecule has 9 heteroatoms. The summed E-state index contributed by atoms with van der Waals surface area (Å²) < 4.78 is 25.7. The molecule has 0 amide bonds. The minimum Gasteiger partial charge on any atom is -0.363 e. The predicted molar refractivity (Wildman–Crippen MR) is 123 cm³/mol. The number of pyridine rings is 1. The zero-order valence-corrected chi connectivity index (χ0v) is 19.0. The van der Waals surface area contributed by atoms with Gasteiger partial charge in [-0.2, -0.15) is 0 Å². The second-order valence-electron chi connectivity index (χ2n) is 7.70. The van der Waals surface area contributed by atoms with Gasteiger partial charge in [0.1, 0.15) is 5.82 Å². The zero-order valence-electron chi connectivity index (χ0n) is 18.2. The van der Waals surface area contributed by atoms with E-state index in [1.54, 1.807) is 18.3 Å². The minimum atomic E-state index is -3.11. The first-order valence-corrected chi connectivity index (χ1v) is 12.0. The topological polar surface area (TPSA) is 89.9 Å². The number of benzene rings is 1. The second-order valence-corrected chi connectivity index (χ2v) is 9.95. The summed E-state index contributed by atoms with van der Waals surface area (Å²) in [5.74, 6) is 1.79. The molecule has 2 N–H and O–H groups in total. The van der Waals surface area contributed by atoms with Crippen molar-refractivity contribution < 1.29 is 8.42 Å². The number of anilines is 1. The molecule has 0 radical (unpaired) electrons. The summed E-state index contributed by atoms with van der Waals surface area (Å²) in [5.41, 5.74) is 2.11. The molecule has 0 aliphatic carbocycles. The van der Waals surface area contributed by atoms with Crippen LogP contribution in [0.25, 0.3) is 10.9 Å². The van der Waals surface area contributed by atoms with Gasteiger partial charge in [-0.05, 0) is 37.5 Å². The highest BCUT2D eigenvalue weighted by Gasteiger charge is 2.27. The first kappa shape index (κ1) is 22.3. The molecule has 1 saturated heterocycles. The summed E-state index contributed by atoms with van der Waals surface area (Å²) in [6.45, 7) is 3.40. The maximum absolute atomic E-state index is 12.0. The van der Waals surface area contributed by atoms with E-state index in [9.17, 15) is 8.42 Å². The fourth-order valence-corrected chi connectivity index (χ4v) is 4.77. The third-order valence-electron chi connectivity index (χ3n) is 5.47. The van der Waals surface area contributed by atoms with Gasteiger partial charge in [-0.15, -0.1) is 0 Å². The Morgan fingerprint density at radius 3 is 2.60 bits per heavy atom. The number of hydrogen-bond donors (Lipinski definition) is 2. The van der Waals surface area contributed by atoms with Gasteiger partial charge in [-0.25, -0.2) is 17.7 Å². The molecule has 1 aromatic heterocycles. The van der Waals surface area contributed by atoms with Crippen molar-refractivity contribution in [3.8, 4) is 0 Å². The van der Waals surface area contributed by atoms with Gasteiger partial charge in [-0.1, -0.05) is 18.2 Å². The van der Waals surface area contributed by atoms with E-state index in [4.69, 9.17) is 4.98 Å².